The van der Waals surface area contributed by atoms with E-state index in [4.69, 9.17) is 0 Å². The molecule has 0 aliphatic carbocycles. The Hall–Kier alpha value is -1.44. The molecule has 0 aromatic heterocycles. The smallest absolute Gasteiger partial charge is 0.101 e. The quantitative estimate of drug-likeness (QED) is 0.103. The molecule has 1 unspecified atom stereocenters. The third kappa shape index (κ3) is 17.1. The van der Waals surface area contributed by atoms with Crippen LogP contribution < -0.4 is 0 Å². The molecule has 1 aliphatic heterocycles. The predicted molar refractivity (Wildman–Crippen MR) is 174 cm³/mol. The summed E-state index contributed by atoms with van der Waals surface area (Å²) < 4.78 is 0. The highest BCUT2D eigenvalue weighted by atomic mass is 15.4. The van der Waals surface area contributed by atoms with Crippen molar-refractivity contribution in [2.24, 2.45) is 0 Å². The number of unbranched alkanes of at least 4 members (excludes halogenated alkanes) is 21. The molecular formula is C37H66N2. The van der Waals surface area contributed by atoms with E-state index >= 15 is 0 Å². The lowest BCUT2D eigenvalue weighted by molar-refractivity contribution is 0.132. The monoisotopic (exact) mass is 539 g/mol. The lowest BCUT2D eigenvalue weighted by Crippen LogP contribution is -2.38. The molecule has 0 saturated heterocycles. The van der Waals surface area contributed by atoms with Gasteiger partial charge in [-0.25, -0.2) is 0 Å². The van der Waals surface area contributed by atoms with Gasteiger partial charge in [-0.15, -0.1) is 0 Å². The van der Waals surface area contributed by atoms with E-state index in [1.165, 1.54) is 166 Å². The van der Waals surface area contributed by atoms with Gasteiger partial charge in [0.1, 0.15) is 6.17 Å². The molecule has 0 spiro atoms. The summed E-state index contributed by atoms with van der Waals surface area (Å²) >= 11 is 0. The van der Waals surface area contributed by atoms with Crippen molar-refractivity contribution < 1.29 is 0 Å². The van der Waals surface area contributed by atoms with Crippen molar-refractivity contribution in [2.45, 2.75) is 181 Å². The van der Waals surface area contributed by atoms with Crippen LogP contribution >= 0.6 is 0 Å². The highest BCUT2D eigenvalue weighted by Gasteiger charge is 2.25. The topological polar surface area (TPSA) is 6.48 Å². The molecule has 2 nitrogen and oxygen atoms in total. The minimum atomic E-state index is 0.552. The van der Waals surface area contributed by atoms with E-state index in [0.29, 0.717) is 6.17 Å². The maximum absolute atomic E-state index is 2.66. The molecule has 0 saturated carbocycles. The van der Waals surface area contributed by atoms with Gasteiger partial charge in [0.25, 0.3) is 0 Å². The van der Waals surface area contributed by atoms with Gasteiger partial charge in [-0.05, 0) is 24.8 Å². The summed E-state index contributed by atoms with van der Waals surface area (Å²) in [6.45, 7) is 6.87. The Morgan fingerprint density at radius 1 is 0.462 bits per heavy atom. The molecule has 0 N–H and O–H groups in total. The van der Waals surface area contributed by atoms with Crippen molar-refractivity contribution in [2.75, 3.05) is 6.54 Å². The molecule has 224 valence electrons. The van der Waals surface area contributed by atoms with Crippen molar-refractivity contribution in [3.8, 4) is 0 Å². The zero-order valence-electron chi connectivity index (χ0n) is 26.4. The maximum Gasteiger partial charge on any atom is 0.101 e. The molecule has 0 fully saturated rings. The van der Waals surface area contributed by atoms with E-state index in [2.05, 4.69) is 66.4 Å². The minimum Gasteiger partial charge on any atom is -0.356 e. The van der Waals surface area contributed by atoms with Gasteiger partial charge in [0.2, 0.25) is 0 Å². The summed E-state index contributed by atoms with van der Waals surface area (Å²) in [5.41, 5.74) is 1.43. The number of hydrogen-bond acceptors (Lipinski definition) is 2. The summed E-state index contributed by atoms with van der Waals surface area (Å²) in [5.74, 6) is 0. The Morgan fingerprint density at radius 2 is 0.872 bits per heavy atom. The third-order valence-corrected chi connectivity index (χ3v) is 8.76. The molecule has 2 rings (SSSR count). The number of benzene rings is 1. The van der Waals surface area contributed by atoms with Crippen LogP contribution in [0.2, 0.25) is 0 Å². The first-order chi connectivity index (χ1) is 19.3. The van der Waals surface area contributed by atoms with Gasteiger partial charge in [0, 0.05) is 25.5 Å². The summed E-state index contributed by atoms with van der Waals surface area (Å²) in [6, 6.07) is 11.0. The Labute approximate surface area is 245 Å². The molecule has 0 radical (unpaired) electrons. The first-order valence-electron chi connectivity index (χ1n) is 17.6. The van der Waals surface area contributed by atoms with Crippen LogP contribution in [0, 0.1) is 0 Å². The first kappa shape index (κ1) is 33.8. The lowest BCUT2D eigenvalue weighted by Gasteiger charge is -2.33. The molecule has 1 heterocycles. The second-order valence-electron chi connectivity index (χ2n) is 12.4. The highest BCUT2D eigenvalue weighted by molar-refractivity contribution is 5.16. The second kappa shape index (κ2) is 24.4. The SMILES string of the molecule is CCCCCCCCCCCCCCCC1N(CCCCCCCCCCCC)C=CN1Cc1ccccc1. The van der Waals surface area contributed by atoms with Gasteiger partial charge < -0.3 is 9.80 Å². The van der Waals surface area contributed by atoms with Crippen molar-refractivity contribution >= 4 is 0 Å². The Bertz CT molecular complexity index is 669. The van der Waals surface area contributed by atoms with Crippen LogP contribution in [-0.2, 0) is 6.54 Å². The average molecular weight is 539 g/mol. The Kier molecular flexibility index (Phi) is 21.1. The zero-order chi connectivity index (χ0) is 27.6. The van der Waals surface area contributed by atoms with Crippen molar-refractivity contribution in [1.29, 1.82) is 0 Å². The van der Waals surface area contributed by atoms with E-state index in [1.54, 1.807) is 0 Å². The van der Waals surface area contributed by atoms with Crippen LogP contribution in [0.4, 0.5) is 0 Å². The molecule has 0 amide bonds. The van der Waals surface area contributed by atoms with Gasteiger partial charge in [-0.1, -0.05) is 179 Å². The van der Waals surface area contributed by atoms with E-state index in [-0.39, 0.29) is 0 Å². The fraction of sp³-hybridized carbons (Fsp3) is 0.784. The summed E-state index contributed by atoms with van der Waals surface area (Å²) in [5, 5.41) is 0. The molecule has 39 heavy (non-hydrogen) atoms. The molecule has 0 bridgehead atoms. The molecule has 1 atom stereocenters. The largest absolute Gasteiger partial charge is 0.356 e. The molecule has 1 aromatic carbocycles. The van der Waals surface area contributed by atoms with Gasteiger partial charge in [-0.2, -0.15) is 0 Å². The van der Waals surface area contributed by atoms with Crippen LogP contribution in [0.3, 0.4) is 0 Å². The average Bonchev–Trinajstić information content (AvgIpc) is 3.33. The molecular weight excluding hydrogens is 472 g/mol. The van der Waals surface area contributed by atoms with Crippen LogP contribution in [0.5, 0.6) is 0 Å². The van der Waals surface area contributed by atoms with E-state index in [1.807, 2.05) is 0 Å². The van der Waals surface area contributed by atoms with Crippen LogP contribution in [0.1, 0.15) is 174 Å². The van der Waals surface area contributed by atoms with Crippen LogP contribution in [0.15, 0.2) is 42.7 Å². The van der Waals surface area contributed by atoms with Crippen LogP contribution in [-0.4, -0.2) is 22.5 Å². The van der Waals surface area contributed by atoms with Gasteiger partial charge >= 0.3 is 0 Å². The van der Waals surface area contributed by atoms with Gasteiger partial charge in [0.15, 0.2) is 0 Å². The number of nitrogens with zero attached hydrogens (tertiary/aromatic N) is 2. The lowest BCUT2D eigenvalue weighted by atomic mass is 10.0. The molecule has 2 heteroatoms. The summed E-state index contributed by atoms with van der Waals surface area (Å²) in [4.78, 5) is 5.26. The van der Waals surface area contributed by atoms with Crippen molar-refractivity contribution in [1.82, 2.24) is 9.80 Å². The van der Waals surface area contributed by atoms with Gasteiger partial charge in [0.05, 0.1) is 0 Å². The number of rotatable bonds is 27. The van der Waals surface area contributed by atoms with Crippen LogP contribution in [0.25, 0.3) is 0 Å². The Morgan fingerprint density at radius 3 is 1.36 bits per heavy atom. The van der Waals surface area contributed by atoms with Gasteiger partial charge in [-0.3, -0.25) is 0 Å². The van der Waals surface area contributed by atoms with E-state index < -0.39 is 0 Å². The predicted octanol–water partition coefficient (Wildman–Crippen LogP) is 12.0. The summed E-state index contributed by atoms with van der Waals surface area (Å²) in [6.07, 6.45) is 39.4. The maximum atomic E-state index is 2.66. The molecule has 1 aliphatic rings. The van der Waals surface area contributed by atoms with Crippen molar-refractivity contribution in [3.05, 3.63) is 48.3 Å². The second-order valence-corrected chi connectivity index (χ2v) is 12.4. The minimum absolute atomic E-state index is 0.552. The fourth-order valence-corrected chi connectivity index (χ4v) is 6.19. The standard InChI is InChI=1S/C37H66N2/c1-3-5-7-9-11-13-15-16-17-18-20-22-27-31-37-38(32-28-23-21-19-14-12-10-8-6-4-2)33-34-39(37)35-36-29-25-24-26-30-36/h24-26,29-30,33-34,37H,3-23,27-28,31-32,35H2,1-2H3. The number of hydrogen-bond donors (Lipinski definition) is 0. The normalized spacial score (nSPS) is 15.1. The first-order valence-corrected chi connectivity index (χ1v) is 17.6. The fourth-order valence-electron chi connectivity index (χ4n) is 6.19. The zero-order valence-corrected chi connectivity index (χ0v) is 26.4. The third-order valence-electron chi connectivity index (χ3n) is 8.76. The summed E-state index contributed by atoms with van der Waals surface area (Å²) in [7, 11) is 0. The van der Waals surface area contributed by atoms with E-state index in [9.17, 15) is 0 Å². The van der Waals surface area contributed by atoms with Crippen molar-refractivity contribution in [3.63, 3.8) is 0 Å². The Balaban J connectivity index is 1.59. The van der Waals surface area contributed by atoms with E-state index in [0.717, 1.165) is 6.54 Å². The highest BCUT2D eigenvalue weighted by Crippen LogP contribution is 2.25. The molecule has 1 aromatic rings.